The van der Waals surface area contributed by atoms with Crippen molar-refractivity contribution in [1.82, 2.24) is 19.9 Å². The second kappa shape index (κ2) is 6.31. The Balaban J connectivity index is 2.73. The summed E-state index contributed by atoms with van der Waals surface area (Å²) >= 11 is 0. The maximum absolute atomic E-state index is 10.9. The number of rotatable bonds is 7. The summed E-state index contributed by atoms with van der Waals surface area (Å²) < 4.78 is 1.64. The first-order valence-electron chi connectivity index (χ1n) is 5.56. The predicted molar refractivity (Wildman–Crippen MR) is 62.9 cm³/mol. The smallest absolute Gasteiger partial charge is 0.358 e. The Morgan fingerprint density at radius 1 is 1.53 bits per heavy atom. The van der Waals surface area contributed by atoms with Crippen LogP contribution in [0.15, 0.2) is 0 Å². The molecule has 0 atom stereocenters. The van der Waals surface area contributed by atoms with Crippen LogP contribution >= 0.6 is 0 Å². The van der Waals surface area contributed by atoms with Crippen LogP contribution in [0.25, 0.3) is 0 Å². The van der Waals surface area contributed by atoms with E-state index in [9.17, 15) is 4.79 Å². The zero-order chi connectivity index (χ0) is 12.8. The van der Waals surface area contributed by atoms with Crippen molar-refractivity contribution in [3.63, 3.8) is 0 Å². The molecule has 0 saturated carbocycles. The van der Waals surface area contributed by atoms with E-state index in [1.807, 2.05) is 14.1 Å². The van der Waals surface area contributed by atoms with Gasteiger partial charge in [-0.3, -0.25) is 0 Å². The number of aromatic carboxylic acids is 1. The molecular weight excluding hydrogens is 222 g/mol. The minimum atomic E-state index is -1.05. The van der Waals surface area contributed by atoms with Crippen LogP contribution in [0, 0.1) is 0 Å². The molecule has 0 aliphatic heterocycles. The van der Waals surface area contributed by atoms with E-state index < -0.39 is 5.97 Å². The van der Waals surface area contributed by atoms with Crippen LogP contribution in [0.4, 0.5) is 0 Å². The standard InChI is InChI=1S/C10H19N5O2/c1-14(2)6-3-7-15-8(4-5-11)9(10(16)17)12-13-15/h3-7,11H2,1-2H3,(H,16,17). The summed E-state index contributed by atoms with van der Waals surface area (Å²) in [5.74, 6) is -1.05. The molecule has 0 radical (unpaired) electrons. The molecule has 0 fully saturated rings. The summed E-state index contributed by atoms with van der Waals surface area (Å²) in [6.45, 7) is 1.97. The number of hydrogen-bond donors (Lipinski definition) is 2. The molecule has 0 unspecified atom stereocenters. The van der Waals surface area contributed by atoms with Crippen molar-refractivity contribution in [1.29, 1.82) is 0 Å². The highest BCUT2D eigenvalue weighted by atomic mass is 16.4. The highest BCUT2D eigenvalue weighted by Crippen LogP contribution is 2.07. The molecule has 1 heterocycles. The minimum Gasteiger partial charge on any atom is -0.476 e. The van der Waals surface area contributed by atoms with Crippen LogP contribution in [0.1, 0.15) is 22.6 Å². The largest absolute Gasteiger partial charge is 0.476 e. The lowest BCUT2D eigenvalue weighted by atomic mass is 10.2. The minimum absolute atomic E-state index is 0.0142. The maximum Gasteiger partial charge on any atom is 0.358 e. The molecule has 7 heteroatoms. The van der Waals surface area contributed by atoms with Gasteiger partial charge in [0.05, 0.1) is 5.69 Å². The van der Waals surface area contributed by atoms with Gasteiger partial charge in [-0.05, 0) is 33.6 Å². The highest BCUT2D eigenvalue weighted by molar-refractivity contribution is 5.86. The van der Waals surface area contributed by atoms with Crippen LogP contribution < -0.4 is 5.73 Å². The zero-order valence-corrected chi connectivity index (χ0v) is 10.3. The molecule has 1 aromatic rings. The molecule has 0 saturated heterocycles. The molecule has 17 heavy (non-hydrogen) atoms. The number of carboxylic acid groups (broad SMARTS) is 1. The van der Waals surface area contributed by atoms with E-state index >= 15 is 0 Å². The van der Waals surface area contributed by atoms with Crippen molar-refractivity contribution in [3.8, 4) is 0 Å². The Labute approximate surface area is 100 Å². The second-order valence-electron chi connectivity index (χ2n) is 4.11. The molecular formula is C10H19N5O2. The summed E-state index contributed by atoms with van der Waals surface area (Å²) in [6, 6.07) is 0. The Morgan fingerprint density at radius 2 is 2.24 bits per heavy atom. The fourth-order valence-electron chi connectivity index (χ4n) is 1.60. The third-order valence-corrected chi connectivity index (χ3v) is 2.40. The number of hydrogen-bond acceptors (Lipinski definition) is 5. The third kappa shape index (κ3) is 3.79. The van der Waals surface area contributed by atoms with Crippen molar-refractivity contribution in [2.45, 2.75) is 19.4 Å². The molecule has 0 spiro atoms. The van der Waals surface area contributed by atoms with E-state index in [0.29, 0.717) is 25.2 Å². The van der Waals surface area contributed by atoms with Crippen molar-refractivity contribution >= 4 is 5.97 Å². The number of nitrogens with zero attached hydrogens (tertiary/aromatic N) is 4. The lowest BCUT2D eigenvalue weighted by Crippen LogP contribution is -2.18. The normalized spacial score (nSPS) is 11.1. The number of aryl methyl sites for hydroxylation is 1. The lowest BCUT2D eigenvalue weighted by molar-refractivity contribution is 0.0689. The molecule has 0 bridgehead atoms. The topological polar surface area (TPSA) is 97.3 Å². The lowest BCUT2D eigenvalue weighted by Gasteiger charge is -2.10. The van der Waals surface area contributed by atoms with Gasteiger partial charge in [0.15, 0.2) is 5.69 Å². The first-order valence-corrected chi connectivity index (χ1v) is 5.56. The monoisotopic (exact) mass is 241 g/mol. The molecule has 0 aromatic carbocycles. The van der Waals surface area contributed by atoms with E-state index in [-0.39, 0.29) is 5.69 Å². The molecule has 3 N–H and O–H groups in total. The van der Waals surface area contributed by atoms with Gasteiger partial charge in [-0.15, -0.1) is 5.10 Å². The van der Waals surface area contributed by atoms with Crippen LogP contribution in [0.5, 0.6) is 0 Å². The number of aromatic nitrogens is 3. The molecule has 96 valence electrons. The molecule has 0 aliphatic rings. The van der Waals surface area contributed by atoms with Crippen molar-refractivity contribution < 1.29 is 9.90 Å². The quantitative estimate of drug-likeness (QED) is 0.663. The van der Waals surface area contributed by atoms with Gasteiger partial charge in [0, 0.05) is 13.0 Å². The maximum atomic E-state index is 10.9. The zero-order valence-electron chi connectivity index (χ0n) is 10.3. The Hall–Kier alpha value is -1.47. The molecule has 1 aromatic heterocycles. The number of carboxylic acids is 1. The first-order chi connectivity index (χ1) is 8.06. The van der Waals surface area contributed by atoms with Gasteiger partial charge < -0.3 is 15.7 Å². The van der Waals surface area contributed by atoms with Crippen molar-refractivity contribution in [2.75, 3.05) is 27.2 Å². The summed E-state index contributed by atoms with van der Waals surface area (Å²) in [5.41, 5.74) is 6.09. The Kier molecular flexibility index (Phi) is 5.05. The van der Waals surface area contributed by atoms with Gasteiger partial charge in [-0.1, -0.05) is 5.21 Å². The average Bonchev–Trinajstić information content (AvgIpc) is 2.62. The van der Waals surface area contributed by atoms with Crippen molar-refractivity contribution in [2.24, 2.45) is 5.73 Å². The average molecular weight is 241 g/mol. The summed E-state index contributed by atoms with van der Waals surface area (Å²) in [7, 11) is 3.98. The summed E-state index contributed by atoms with van der Waals surface area (Å²) in [5, 5.41) is 16.5. The van der Waals surface area contributed by atoms with Crippen LogP contribution in [-0.2, 0) is 13.0 Å². The van der Waals surface area contributed by atoms with E-state index in [4.69, 9.17) is 10.8 Å². The van der Waals surface area contributed by atoms with Gasteiger partial charge >= 0.3 is 5.97 Å². The highest BCUT2D eigenvalue weighted by Gasteiger charge is 2.17. The molecule has 0 aliphatic carbocycles. The van der Waals surface area contributed by atoms with Gasteiger partial charge in [0.2, 0.25) is 0 Å². The van der Waals surface area contributed by atoms with E-state index in [1.54, 1.807) is 4.68 Å². The Bertz CT molecular complexity index is 375. The summed E-state index contributed by atoms with van der Waals surface area (Å²) in [6.07, 6.45) is 1.38. The van der Waals surface area contributed by atoms with Crippen molar-refractivity contribution in [3.05, 3.63) is 11.4 Å². The third-order valence-electron chi connectivity index (χ3n) is 2.40. The number of carbonyl (C=O) groups is 1. The fourth-order valence-corrected chi connectivity index (χ4v) is 1.60. The SMILES string of the molecule is CN(C)CCCn1nnc(C(=O)O)c1CCN. The predicted octanol–water partition coefficient (Wildman–Crippen LogP) is -0.571. The van der Waals surface area contributed by atoms with Crippen LogP contribution in [0.3, 0.4) is 0 Å². The number of nitrogens with two attached hydrogens (primary N) is 1. The Morgan fingerprint density at radius 3 is 2.76 bits per heavy atom. The molecule has 7 nitrogen and oxygen atoms in total. The first kappa shape index (κ1) is 13.6. The van der Waals surface area contributed by atoms with E-state index in [2.05, 4.69) is 15.2 Å². The van der Waals surface area contributed by atoms with Gasteiger partial charge in [-0.2, -0.15) is 0 Å². The molecule has 1 rings (SSSR count). The fraction of sp³-hybridized carbons (Fsp3) is 0.700. The van der Waals surface area contributed by atoms with Gasteiger partial charge in [0.1, 0.15) is 0 Å². The van der Waals surface area contributed by atoms with E-state index in [1.165, 1.54) is 0 Å². The molecule has 0 amide bonds. The van der Waals surface area contributed by atoms with Gasteiger partial charge in [0.25, 0.3) is 0 Å². The van der Waals surface area contributed by atoms with E-state index in [0.717, 1.165) is 13.0 Å². The van der Waals surface area contributed by atoms with Gasteiger partial charge in [-0.25, -0.2) is 9.48 Å². The second-order valence-corrected chi connectivity index (χ2v) is 4.11. The van der Waals surface area contributed by atoms with Crippen LogP contribution in [0.2, 0.25) is 0 Å². The summed E-state index contributed by atoms with van der Waals surface area (Å²) in [4.78, 5) is 13.0. The van der Waals surface area contributed by atoms with Crippen LogP contribution in [-0.4, -0.2) is 58.2 Å².